The largest absolute Gasteiger partial charge is 0.495 e. The van der Waals surface area contributed by atoms with Gasteiger partial charge in [-0.3, -0.25) is 18.4 Å². The third-order valence-corrected chi connectivity index (χ3v) is 10.3. The van der Waals surface area contributed by atoms with Crippen molar-refractivity contribution in [2.24, 2.45) is 0 Å². The van der Waals surface area contributed by atoms with E-state index >= 15 is 0 Å². The first kappa shape index (κ1) is 40.1. The van der Waals surface area contributed by atoms with Crippen molar-refractivity contribution >= 4 is 36.6 Å². The van der Waals surface area contributed by atoms with Gasteiger partial charge in [0.1, 0.15) is 17.1 Å². The number of carbonyl (C=O) groups excluding carboxylic acids is 1. The highest BCUT2D eigenvalue weighted by atomic mass is 31.2. The molecule has 2 aromatic carbocycles. The van der Waals surface area contributed by atoms with Crippen molar-refractivity contribution in [3.8, 4) is 5.75 Å². The highest BCUT2D eigenvalue weighted by molar-refractivity contribution is 7.53. The Balaban J connectivity index is 1.43. The summed E-state index contributed by atoms with van der Waals surface area (Å²) in [6.07, 6.45) is -13.4. The van der Waals surface area contributed by atoms with E-state index in [1.54, 1.807) is 13.1 Å². The molecule has 1 aliphatic heterocycles. The normalized spacial score (nSPS) is 18.3. The Kier molecular flexibility index (Phi) is 11.6. The summed E-state index contributed by atoms with van der Waals surface area (Å²) >= 11 is 0. The summed E-state index contributed by atoms with van der Waals surface area (Å²) in [4.78, 5) is 22.5. The Morgan fingerprint density at radius 2 is 1.55 bits per heavy atom. The lowest BCUT2D eigenvalue weighted by Crippen LogP contribution is -2.20. The van der Waals surface area contributed by atoms with E-state index in [9.17, 15) is 54.0 Å². The Morgan fingerprint density at radius 3 is 2.13 bits per heavy atom. The molecule has 11 nitrogen and oxygen atoms in total. The van der Waals surface area contributed by atoms with Gasteiger partial charge in [-0.1, -0.05) is 12.1 Å². The number of aromatic nitrogens is 2. The number of halogens is 9. The molecule has 0 unspecified atom stereocenters. The molecule has 3 N–H and O–H groups in total. The number of fused-ring (bicyclic) bond motifs is 1. The molecular formula is C32H33F9N5O6P. The van der Waals surface area contributed by atoms with E-state index < -0.39 is 74.8 Å². The summed E-state index contributed by atoms with van der Waals surface area (Å²) in [6.45, 7) is -4.07. The molecule has 0 bridgehead atoms. The quantitative estimate of drug-likeness (QED) is 0.121. The van der Waals surface area contributed by atoms with Gasteiger partial charge in [-0.25, -0.2) is 4.98 Å². The monoisotopic (exact) mass is 785 g/mol. The topological polar surface area (TPSA) is 135 Å². The number of anilines is 4. The smallest absolute Gasteiger partial charge is 0.421 e. The molecule has 0 radical (unpaired) electrons. The van der Waals surface area contributed by atoms with Crippen molar-refractivity contribution < 1.29 is 67.8 Å². The molecule has 5 rings (SSSR count). The number of hydrogen-bond donors (Lipinski definition) is 3. The Labute approximate surface area is 296 Å². The number of benzene rings is 2. The van der Waals surface area contributed by atoms with Crippen molar-refractivity contribution in [1.82, 2.24) is 14.9 Å². The number of amides is 1. The predicted molar refractivity (Wildman–Crippen MR) is 171 cm³/mol. The van der Waals surface area contributed by atoms with Crippen LogP contribution in [0, 0.1) is 0 Å². The summed E-state index contributed by atoms with van der Waals surface area (Å²) in [5, 5.41) is 15.3. The zero-order valence-corrected chi connectivity index (χ0v) is 28.8. The lowest BCUT2D eigenvalue weighted by molar-refractivity contribution is -0.165. The maximum absolute atomic E-state index is 14.2. The second kappa shape index (κ2) is 15.3. The van der Waals surface area contributed by atoms with Gasteiger partial charge in [0.2, 0.25) is 5.95 Å². The molecule has 1 aromatic heterocycles. The molecule has 0 atom stereocenters. The molecule has 2 aliphatic rings. The van der Waals surface area contributed by atoms with E-state index in [0.717, 1.165) is 24.8 Å². The highest BCUT2D eigenvalue weighted by Gasteiger charge is 2.40. The molecule has 1 amide bonds. The number of alkyl halides is 9. The zero-order valence-electron chi connectivity index (χ0n) is 28.0. The fourth-order valence-corrected chi connectivity index (χ4v) is 7.66. The van der Waals surface area contributed by atoms with Crippen LogP contribution in [-0.2, 0) is 32.5 Å². The molecule has 53 heavy (non-hydrogen) atoms. The van der Waals surface area contributed by atoms with Crippen LogP contribution < -0.4 is 15.4 Å². The molecule has 290 valence electrons. The van der Waals surface area contributed by atoms with Crippen LogP contribution in [0.15, 0.2) is 36.5 Å². The van der Waals surface area contributed by atoms with Gasteiger partial charge in [0.05, 0.1) is 36.3 Å². The number of hydrogen-bond acceptors (Lipinski definition) is 10. The fourth-order valence-electron chi connectivity index (χ4n) is 6.08. The first-order valence-electron chi connectivity index (χ1n) is 15.9. The molecule has 3 aromatic rings. The first-order chi connectivity index (χ1) is 24.6. The number of aliphatic hydroxyl groups is 1. The van der Waals surface area contributed by atoms with Crippen LogP contribution in [-0.4, -0.2) is 71.7 Å². The van der Waals surface area contributed by atoms with Gasteiger partial charge < -0.3 is 25.4 Å². The maximum Gasteiger partial charge on any atom is 0.421 e. The molecule has 1 saturated carbocycles. The van der Waals surface area contributed by atoms with Crippen LogP contribution >= 0.6 is 7.60 Å². The first-order valence-corrected chi connectivity index (χ1v) is 17.6. The van der Waals surface area contributed by atoms with Crippen molar-refractivity contribution in [2.45, 2.75) is 68.9 Å². The third kappa shape index (κ3) is 10.1. The minimum Gasteiger partial charge on any atom is -0.495 e. The second-order valence-corrected chi connectivity index (χ2v) is 14.6. The second-order valence-electron chi connectivity index (χ2n) is 12.5. The van der Waals surface area contributed by atoms with Crippen LogP contribution in [0.25, 0.3) is 0 Å². The average Bonchev–Trinajstić information content (AvgIpc) is 3.37. The van der Waals surface area contributed by atoms with Crippen molar-refractivity contribution in [1.29, 1.82) is 0 Å². The predicted octanol–water partition coefficient (Wildman–Crippen LogP) is 8.45. The van der Waals surface area contributed by atoms with Crippen LogP contribution in [0.3, 0.4) is 0 Å². The lowest BCUT2D eigenvalue weighted by Gasteiger charge is -2.27. The van der Waals surface area contributed by atoms with E-state index in [1.807, 2.05) is 0 Å². The van der Waals surface area contributed by atoms with Gasteiger partial charge in [-0.15, -0.1) is 0 Å². The van der Waals surface area contributed by atoms with Gasteiger partial charge in [-0.2, -0.15) is 44.5 Å². The standard InChI is InChI=1S/C32H33F9N5O6P/c1-46-13-21-20(18-4-6-19(47)7-5-18)8-10-24(26(21)28(46)48)43-27-22(32(39,40)41)12-42-29(45-27)44-23-9-3-17(11-25(23)50-2)14-53(49,51-15-30(33,34)35)52-16-31(36,37)38/h3,8-12,18-19,47H,4-7,13-16H2,1-2H3,(H2,42,43,44,45)/t18-,19-. The number of methoxy groups -OCH3 is 1. The molecule has 21 heteroatoms. The Bertz CT molecular complexity index is 1840. The molecule has 1 fully saturated rings. The number of carbonyl (C=O) groups is 1. The van der Waals surface area contributed by atoms with Gasteiger partial charge in [0, 0.05) is 19.8 Å². The van der Waals surface area contributed by atoms with Gasteiger partial charge >= 0.3 is 26.1 Å². The lowest BCUT2D eigenvalue weighted by atomic mass is 9.80. The van der Waals surface area contributed by atoms with Crippen molar-refractivity contribution in [2.75, 3.05) is 38.0 Å². The summed E-state index contributed by atoms with van der Waals surface area (Å²) in [7, 11) is -2.32. The Hall–Kier alpha value is -4.13. The summed E-state index contributed by atoms with van der Waals surface area (Å²) in [6, 6.07) is 6.66. The van der Waals surface area contributed by atoms with E-state index in [2.05, 4.69) is 29.6 Å². The SMILES string of the molecule is COc1cc(CP(=O)(OCC(F)(F)F)OCC(F)(F)F)ccc1Nc1ncc(C(F)(F)F)c(Nc2ccc([C@H]3CC[C@H](O)CC3)c3c2C(=O)N(C)C3)n1. The van der Waals surface area contributed by atoms with Crippen LogP contribution in [0.5, 0.6) is 5.75 Å². The molecule has 1 aliphatic carbocycles. The van der Waals surface area contributed by atoms with Crippen LogP contribution in [0.4, 0.5) is 62.7 Å². The number of rotatable bonds is 12. The van der Waals surface area contributed by atoms with E-state index in [4.69, 9.17) is 4.74 Å². The maximum atomic E-state index is 14.2. The van der Waals surface area contributed by atoms with Gasteiger partial charge in [-0.05, 0) is 66.5 Å². The van der Waals surface area contributed by atoms with E-state index in [-0.39, 0.29) is 40.7 Å². The van der Waals surface area contributed by atoms with E-state index in [1.165, 1.54) is 17.0 Å². The average molecular weight is 786 g/mol. The number of nitrogens with zero attached hydrogens (tertiary/aromatic N) is 3. The molecule has 0 saturated heterocycles. The van der Waals surface area contributed by atoms with Gasteiger partial charge in [0.15, 0.2) is 13.2 Å². The third-order valence-electron chi connectivity index (χ3n) is 8.53. The molecular weight excluding hydrogens is 752 g/mol. The molecule has 0 spiro atoms. The van der Waals surface area contributed by atoms with Crippen LogP contribution in [0.2, 0.25) is 0 Å². The van der Waals surface area contributed by atoms with Crippen molar-refractivity contribution in [3.63, 3.8) is 0 Å². The minimum atomic E-state index is -5.03. The molecule has 2 heterocycles. The number of ether oxygens (including phenoxy) is 1. The van der Waals surface area contributed by atoms with Crippen LogP contribution in [0.1, 0.15) is 64.2 Å². The summed E-state index contributed by atoms with van der Waals surface area (Å²) < 4.78 is 146. The fraction of sp³-hybridized carbons (Fsp3) is 0.469. The van der Waals surface area contributed by atoms with Gasteiger partial charge in [0.25, 0.3) is 5.91 Å². The number of nitrogens with one attached hydrogen (secondary N) is 2. The minimum absolute atomic E-state index is 0.0103. The highest BCUT2D eigenvalue weighted by Crippen LogP contribution is 2.54. The number of aliphatic hydroxyl groups excluding tert-OH is 1. The van der Waals surface area contributed by atoms with Crippen molar-refractivity contribution in [3.05, 3.63) is 64.3 Å². The van der Waals surface area contributed by atoms with E-state index in [0.29, 0.717) is 37.4 Å². The summed E-state index contributed by atoms with van der Waals surface area (Å²) in [5.74, 6) is -1.63. The zero-order chi connectivity index (χ0) is 38.9. The summed E-state index contributed by atoms with van der Waals surface area (Å²) in [5.41, 5.74) is 0.378. The Morgan fingerprint density at radius 1 is 0.925 bits per heavy atom.